The number of carbonyl (C=O) groups is 1. The molecule has 21 heavy (non-hydrogen) atoms. The number of carbonyl (C=O) groups excluding carboxylic acids is 1. The van der Waals surface area contributed by atoms with Crippen molar-refractivity contribution in [2.75, 3.05) is 6.61 Å². The Hall–Kier alpha value is 3.20. The van der Waals surface area contributed by atoms with Crippen LogP contribution in [0.5, 0.6) is 0 Å². The quantitative estimate of drug-likeness (QED) is 0.163. The average Bonchev–Trinajstić information content (AvgIpc) is 2.03. The fraction of sp³-hybridized carbons (Fsp3) is 0.500. The van der Waals surface area contributed by atoms with Crippen LogP contribution in [-0.2, 0) is 33.9 Å². The van der Waals surface area contributed by atoms with Crippen LogP contribution in [-0.4, -0.2) is 27.9 Å². The number of hydrogen-bond acceptors (Lipinski definition) is 9. The minimum atomic E-state index is -1.75. The Morgan fingerprint density at radius 1 is 1.05 bits per heavy atom. The van der Waals surface area contributed by atoms with E-state index in [0.717, 1.165) is 0 Å². The molecule has 0 aliphatic rings. The van der Waals surface area contributed by atoms with E-state index >= 15 is 0 Å². The van der Waals surface area contributed by atoms with Gasteiger partial charge in [-0.25, -0.2) is 0 Å². The molecule has 0 amide bonds. The number of aliphatic carboxylic acids is 1. The molecular weight excluding hydrogens is 646 g/mol. The summed E-state index contributed by atoms with van der Waals surface area (Å²) in [5.41, 5.74) is 0. The predicted molar refractivity (Wildman–Crippen MR) is 44.5 cm³/mol. The molecule has 0 spiro atoms. The molecule has 0 aromatic carbocycles. The zero-order valence-electron chi connectivity index (χ0n) is 9.34. The van der Waals surface area contributed by atoms with Gasteiger partial charge in [-0.05, 0) is 0 Å². The third-order valence-electron chi connectivity index (χ3n) is 0.129. The van der Waals surface area contributed by atoms with Crippen molar-refractivity contribution in [3.05, 3.63) is 30.6 Å². The van der Waals surface area contributed by atoms with Gasteiger partial charge < -0.3 is 70.5 Å². The number of hydrogen-bond donors (Lipinski definition) is 1. The molecule has 1 N–H and O–H groups in total. The number of aliphatic hydroxyl groups is 1. The predicted octanol–water partition coefficient (Wildman–Crippen LogP) is -10.4. The van der Waals surface area contributed by atoms with Crippen LogP contribution in [0, 0.1) is 80.0 Å². The van der Waals surface area contributed by atoms with Crippen molar-refractivity contribution >= 4 is 26.4 Å². The number of aliphatic hydroxyl groups excluding tert-OH is 1. The van der Waals surface area contributed by atoms with Crippen LogP contribution in [0.4, 0.5) is 0 Å². The molecule has 0 fully saturated rings. The molecule has 0 saturated heterocycles. The standard InChI is InChI=1S/C2H4O3.4ClH.Eu.K.2NO3.2Ni/c3-1-2(4)5;;;;;;;2*2-1(3)4;;/h3H,1H2,(H,4,5);4*1H;;;;;;/q;;;;;+3;+1;2*-1;2*+2/p-5. The minimum Gasteiger partial charge on any atom is 1.00 e. The van der Waals surface area contributed by atoms with Gasteiger partial charge in [-0.1, -0.05) is 0 Å². The monoisotopic (exact) mass is 647 g/mol. The van der Waals surface area contributed by atoms with Crippen LogP contribution < -0.4 is 81.3 Å². The summed E-state index contributed by atoms with van der Waals surface area (Å²) in [5, 5.41) is 46.0. The van der Waals surface area contributed by atoms with E-state index in [1.807, 2.05) is 0 Å². The topological polar surface area (TPSA) is 193 Å². The van der Waals surface area contributed by atoms with E-state index < -0.39 is 22.7 Å². The largest absolute Gasteiger partial charge is 3.00 e. The summed E-state index contributed by atoms with van der Waals surface area (Å²) in [4.78, 5) is 25.5. The summed E-state index contributed by atoms with van der Waals surface area (Å²) in [6.07, 6.45) is 0. The van der Waals surface area contributed by atoms with E-state index in [2.05, 4.69) is 0 Å². The van der Waals surface area contributed by atoms with Gasteiger partial charge in [-0.3, -0.25) is 0 Å². The molecule has 0 unspecified atom stereocenters. The number of rotatable bonds is 1. The smallest absolute Gasteiger partial charge is 1.00 e. The second-order valence-electron chi connectivity index (χ2n) is 1.02. The molecule has 0 radical (unpaired) electrons. The summed E-state index contributed by atoms with van der Waals surface area (Å²) in [6.45, 7) is -0.889. The summed E-state index contributed by atoms with van der Waals surface area (Å²) < 4.78 is 0. The van der Waals surface area contributed by atoms with Crippen LogP contribution in [0.1, 0.15) is 0 Å². The van der Waals surface area contributed by atoms with Crippen LogP contribution in [0.2, 0.25) is 0 Å². The molecule has 0 aromatic heterocycles. The fourth-order valence-corrected chi connectivity index (χ4v) is 0. The van der Waals surface area contributed by atoms with E-state index in [1.165, 1.54) is 0 Å². The van der Waals surface area contributed by atoms with Crippen LogP contribution >= 0.6 is 20.4 Å². The molecule has 11 nitrogen and oxygen atoms in total. The van der Waals surface area contributed by atoms with Crippen molar-refractivity contribution in [1.29, 1.82) is 0 Å². The van der Waals surface area contributed by atoms with Crippen molar-refractivity contribution in [3.63, 3.8) is 0 Å². The molecule has 0 aromatic rings. The Balaban J connectivity index is -0.0000000122. The second-order valence-corrected chi connectivity index (χ2v) is 2.65. The number of carboxylic acid groups (broad SMARTS) is 1. The molecule has 0 aliphatic heterocycles. The Morgan fingerprint density at radius 3 is 1.10 bits per heavy atom. The first-order valence-corrected chi connectivity index (χ1v) is 5.13. The van der Waals surface area contributed by atoms with Gasteiger partial charge >= 0.3 is 150 Å². The van der Waals surface area contributed by atoms with E-state index in [9.17, 15) is 0 Å². The summed E-state index contributed by atoms with van der Waals surface area (Å²) in [7, 11) is 9.40. The Labute approximate surface area is 238 Å². The molecule has 0 rings (SSSR count). The molecular formula is C2H3Cl4EuKN2Ni2O9+. The number of halogens is 4. The summed E-state index contributed by atoms with van der Waals surface area (Å²) in [5.74, 6) is -1.44. The third-order valence-corrected chi connectivity index (χ3v) is 0.129. The Bertz CT molecular complexity index is 191. The van der Waals surface area contributed by atoms with Crippen LogP contribution in [0.25, 0.3) is 0 Å². The van der Waals surface area contributed by atoms with E-state index in [4.69, 9.17) is 66.0 Å². The second kappa shape index (κ2) is 56.7. The van der Waals surface area contributed by atoms with Crippen molar-refractivity contribution < 1.29 is 180 Å². The van der Waals surface area contributed by atoms with E-state index in [0.29, 0.717) is 12.7 Å². The van der Waals surface area contributed by atoms with Gasteiger partial charge in [-0.2, -0.15) is 0 Å². The van der Waals surface area contributed by atoms with Crippen LogP contribution in [0.3, 0.4) is 0 Å². The SMILES string of the molecule is O=C([O-])CO.O=[N+]([O-])[O-].O=[N+]([O-])[O-].[Cl-].[Cl-].[Cl][Ni][Cl].[Eu+3].[K+].[Ni+2]. The van der Waals surface area contributed by atoms with Gasteiger partial charge in [0.15, 0.2) is 0 Å². The van der Waals surface area contributed by atoms with Crippen molar-refractivity contribution in [3.8, 4) is 0 Å². The maximum Gasteiger partial charge on any atom is 3.00 e. The fourth-order valence-electron chi connectivity index (χ4n) is 0. The summed E-state index contributed by atoms with van der Waals surface area (Å²) >= 11 is 0.569. The van der Waals surface area contributed by atoms with Gasteiger partial charge in [0.05, 0.1) is 22.7 Å². The van der Waals surface area contributed by atoms with Gasteiger partial charge in [0, 0.05) is 0 Å². The molecule has 0 atom stereocenters. The van der Waals surface area contributed by atoms with Gasteiger partial charge in [0.1, 0.15) is 0 Å². The Kier molecular flexibility index (Phi) is 152. The summed E-state index contributed by atoms with van der Waals surface area (Å²) in [6, 6.07) is 0. The zero-order chi connectivity index (χ0) is 14.1. The third kappa shape index (κ3) is 386. The molecule has 0 aliphatic carbocycles. The van der Waals surface area contributed by atoms with Crippen molar-refractivity contribution in [2.24, 2.45) is 0 Å². The first kappa shape index (κ1) is 56.4. The molecule has 130 valence electrons. The van der Waals surface area contributed by atoms with Crippen LogP contribution in [0.15, 0.2) is 0 Å². The zero-order valence-corrected chi connectivity index (χ0v) is 19.9. The van der Waals surface area contributed by atoms with Crippen molar-refractivity contribution in [2.45, 2.75) is 0 Å². The van der Waals surface area contributed by atoms with Gasteiger partial charge in [-0.15, -0.1) is 0 Å². The van der Waals surface area contributed by atoms with Gasteiger partial charge in [0.2, 0.25) is 0 Å². The normalized spacial score (nSPS) is 5.10. The van der Waals surface area contributed by atoms with E-state index in [-0.39, 0.29) is 142 Å². The van der Waals surface area contributed by atoms with Gasteiger partial charge in [0.25, 0.3) is 0 Å². The number of carboxylic acids is 1. The Morgan fingerprint density at radius 2 is 1.10 bits per heavy atom. The maximum absolute atomic E-state index is 9.01. The molecule has 0 heterocycles. The maximum atomic E-state index is 9.01. The van der Waals surface area contributed by atoms with E-state index in [1.54, 1.807) is 0 Å². The average molecular weight is 649 g/mol. The first-order valence-electron chi connectivity index (χ1n) is 2.41. The van der Waals surface area contributed by atoms with Crippen molar-refractivity contribution in [1.82, 2.24) is 0 Å². The molecule has 0 bridgehead atoms. The minimum absolute atomic E-state index is 0. The first-order chi connectivity index (χ1) is 7.15. The molecule has 19 heteroatoms. The number of nitrogens with zero attached hydrogens (tertiary/aromatic N) is 2. The molecule has 0 saturated carbocycles.